The highest BCUT2D eigenvalue weighted by Gasteiger charge is 2.36. The van der Waals surface area contributed by atoms with Crippen molar-refractivity contribution in [3.63, 3.8) is 0 Å². The van der Waals surface area contributed by atoms with Crippen LogP contribution in [-0.4, -0.2) is 35.7 Å². The molecule has 7 heteroatoms. The Morgan fingerprint density at radius 3 is 2.79 bits per heavy atom. The Balaban J connectivity index is 2.28. The smallest absolute Gasteiger partial charge is 0.333 e. The molecule has 2 rings (SSSR count). The second kappa shape index (κ2) is 5.13. The van der Waals surface area contributed by atoms with Gasteiger partial charge < -0.3 is 14.7 Å². The summed E-state index contributed by atoms with van der Waals surface area (Å²) in [7, 11) is 0. The lowest BCUT2D eigenvalue weighted by Crippen LogP contribution is -2.50. The lowest BCUT2D eigenvalue weighted by molar-refractivity contribution is -0.385. The van der Waals surface area contributed by atoms with Crippen LogP contribution in [0.2, 0.25) is 0 Å². The molecule has 0 aliphatic carbocycles. The van der Waals surface area contributed by atoms with Crippen LogP contribution in [0.3, 0.4) is 0 Å². The van der Waals surface area contributed by atoms with Gasteiger partial charge in [0.15, 0.2) is 5.75 Å². The van der Waals surface area contributed by atoms with E-state index in [2.05, 4.69) is 0 Å². The zero-order valence-corrected chi connectivity index (χ0v) is 10.4. The Morgan fingerprint density at radius 1 is 1.58 bits per heavy atom. The number of hydrogen-bond acceptors (Lipinski definition) is 5. The molecule has 1 aliphatic heterocycles. The van der Waals surface area contributed by atoms with Crippen molar-refractivity contribution >= 4 is 17.3 Å². The highest BCUT2D eigenvalue weighted by molar-refractivity contribution is 5.77. The van der Waals surface area contributed by atoms with E-state index in [0.29, 0.717) is 12.3 Å². The number of nitro benzene ring substituents is 1. The Bertz CT molecular complexity index is 511. The van der Waals surface area contributed by atoms with Crippen molar-refractivity contribution in [3.05, 3.63) is 28.3 Å². The lowest BCUT2D eigenvalue weighted by Gasteiger charge is -2.38. The standard InChI is InChI=1S/C12H14N2O5/c1-2-19-10-5-3-4-9(11(10)14(17)18)13-6-8(7-13)12(15)16/h3-5,8H,2,6-7H2,1H3,(H,15,16). The molecule has 102 valence electrons. The zero-order valence-electron chi connectivity index (χ0n) is 10.4. The first-order valence-electron chi connectivity index (χ1n) is 5.92. The molecule has 0 aromatic heterocycles. The van der Waals surface area contributed by atoms with Crippen molar-refractivity contribution in [1.82, 2.24) is 0 Å². The third-order valence-corrected chi connectivity index (χ3v) is 3.03. The predicted octanol–water partition coefficient (Wildman–Crippen LogP) is 1.51. The summed E-state index contributed by atoms with van der Waals surface area (Å²) in [4.78, 5) is 23.1. The van der Waals surface area contributed by atoms with Crippen LogP contribution in [0.5, 0.6) is 5.75 Å². The van der Waals surface area contributed by atoms with E-state index in [-0.39, 0.29) is 24.5 Å². The Hall–Kier alpha value is -2.31. The van der Waals surface area contributed by atoms with Crippen molar-refractivity contribution < 1.29 is 19.6 Å². The quantitative estimate of drug-likeness (QED) is 0.641. The number of carbonyl (C=O) groups is 1. The number of carboxylic acids is 1. The summed E-state index contributed by atoms with van der Waals surface area (Å²) in [6.45, 7) is 2.65. The van der Waals surface area contributed by atoms with E-state index in [9.17, 15) is 14.9 Å². The first-order valence-corrected chi connectivity index (χ1v) is 5.92. The van der Waals surface area contributed by atoms with Crippen molar-refractivity contribution in [2.45, 2.75) is 6.92 Å². The Kier molecular flexibility index (Phi) is 3.55. The van der Waals surface area contributed by atoms with Crippen molar-refractivity contribution in [1.29, 1.82) is 0 Å². The number of nitrogens with zero attached hydrogens (tertiary/aromatic N) is 2. The SMILES string of the molecule is CCOc1cccc(N2CC(C(=O)O)C2)c1[N+](=O)[O-]. The molecule has 19 heavy (non-hydrogen) atoms. The average molecular weight is 266 g/mol. The summed E-state index contributed by atoms with van der Waals surface area (Å²) in [6, 6.07) is 4.82. The fourth-order valence-electron chi connectivity index (χ4n) is 2.05. The van der Waals surface area contributed by atoms with Gasteiger partial charge in [-0.3, -0.25) is 14.9 Å². The number of carboxylic acid groups (broad SMARTS) is 1. The van der Waals surface area contributed by atoms with Gasteiger partial charge in [-0.05, 0) is 19.1 Å². The molecule has 0 radical (unpaired) electrons. The predicted molar refractivity (Wildman–Crippen MR) is 67.6 cm³/mol. The molecule has 0 atom stereocenters. The third kappa shape index (κ3) is 2.44. The van der Waals surface area contributed by atoms with Crippen LogP contribution in [0.1, 0.15) is 6.92 Å². The number of aliphatic carboxylic acids is 1. The molecular formula is C12H14N2O5. The first kappa shape index (κ1) is 13.1. The van der Waals surface area contributed by atoms with E-state index in [1.165, 1.54) is 0 Å². The van der Waals surface area contributed by atoms with Crippen LogP contribution in [-0.2, 0) is 4.79 Å². The van der Waals surface area contributed by atoms with Crippen molar-refractivity contribution in [3.8, 4) is 5.75 Å². The zero-order chi connectivity index (χ0) is 14.0. The Labute approximate surface area is 109 Å². The van der Waals surface area contributed by atoms with E-state index >= 15 is 0 Å². The van der Waals surface area contributed by atoms with Crippen LogP contribution >= 0.6 is 0 Å². The van der Waals surface area contributed by atoms with Gasteiger partial charge in [-0.15, -0.1) is 0 Å². The van der Waals surface area contributed by atoms with Crippen LogP contribution < -0.4 is 9.64 Å². The maximum atomic E-state index is 11.2. The highest BCUT2D eigenvalue weighted by atomic mass is 16.6. The maximum Gasteiger partial charge on any atom is 0.333 e. The van der Waals surface area contributed by atoms with E-state index in [1.807, 2.05) is 0 Å². The molecule has 0 spiro atoms. The maximum absolute atomic E-state index is 11.2. The number of hydrogen-bond donors (Lipinski definition) is 1. The monoisotopic (exact) mass is 266 g/mol. The number of anilines is 1. The van der Waals surface area contributed by atoms with Crippen molar-refractivity contribution in [2.24, 2.45) is 5.92 Å². The fraction of sp³-hybridized carbons (Fsp3) is 0.417. The minimum absolute atomic E-state index is 0.104. The molecule has 0 bridgehead atoms. The number of benzene rings is 1. The summed E-state index contributed by atoms with van der Waals surface area (Å²) in [5.74, 6) is -1.13. The van der Waals surface area contributed by atoms with Crippen LogP contribution in [0, 0.1) is 16.0 Å². The number of nitro groups is 1. The van der Waals surface area contributed by atoms with Gasteiger partial charge in [0.1, 0.15) is 5.69 Å². The molecule has 1 aromatic carbocycles. The molecule has 1 aliphatic rings. The van der Waals surface area contributed by atoms with Gasteiger partial charge in [0.25, 0.3) is 0 Å². The topological polar surface area (TPSA) is 92.9 Å². The fourth-order valence-corrected chi connectivity index (χ4v) is 2.05. The second-order valence-corrected chi connectivity index (χ2v) is 4.25. The van der Waals surface area contributed by atoms with Crippen LogP contribution in [0.15, 0.2) is 18.2 Å². The van der Waals surface area contributed by atoms with E-state index < -0.39 is 16.8 Å². The summed E-state index contributed by atoms with van der Waals surface area (Å²) in [5, 5.41) is 20.0. The molecule has 1 N–H and O–H groups in total. The summed E-state index contributed by atoms with van der Waals surface area (Å²) < 4.78 is 5.25. The first-order chi connectivity index (χ1) is 9.04. The minimum atomic E-state index is -0.875. The Morgan fingerprint density at radius 2 is 2.26 bits per heavy atom. The highest BCUT2D eigenvalue weighted by Crippen LogP contribution is 2.39. The molecule has 0 unspecified atom stereocenters. The molecule has 1 saturated heterocycles. The average Bonchev–Trinajstić information content (AvgIpc) is 2.26. The number of rotatable bonds is 5. The van der Waals surface area contributed by atoms with Gasteiger partial charge >= 0.3 is 11.7 Å². The molecule has 1 heterocycles. The van der Waals surface area contributed by atoms with Gasteiger partial charge in [-0.2, -0.15) is 0 Å². The third-order valence-electron chi connectivity index (χ3n) is 3.03. The molecule has 1 fully saturated rings. The minimum Gasteiger partial charge on any atom is -0.487 e. The van der Waals surface area contributed by atoms with Crippen LogP contribution in [0.25, 0.3) is 0 Å². The second-order valence-electron chi connectivity index (χ2n) is 4.25. The summed E-state index contributed by atoms with van der Waals surface area (Å²) in [6.07, 6.45) is 0. The summed E-state index contributed by atoms with van der Waals surface area (Å²) in [5.41, 5.74) is 0.307. The molecule has 1 aromatic rings. The number of para-hydroxylation sites is 1. The molecule has 0 amide bonds. The van der Waals surface area contributed by atoms with E-state index in [0.717, 1.165) is 0 Å². The van der Waals surface area contributed by atoms with Gasteiger partial charge in [0.05, 0.1) is 17.4 Å². The van der Waals surface area contributed by atoms with Gasteiger partial charge in [-0.1, -0.05) is 6.07 Å². The van der Waals surface area contributed by atoms with Gasteiger partial charge in [0.2, 0.25) is 0 Å². The lowest BCUT2D eigenvalue weighted by atomic mass is 9.99. The van der Waals surface area contributed by atoms with Crippen molar-refractivity contribution in [2.75, 3.05) is 24.6 Å². The summed E-state index contributed by atoms with van der Waals surface area (Å²) >= 11 is 0. The molecule has 7 nitrogen and oxygen atoms in total. The molecular weight excluding hydrogens is 252 g/mol. The van der Waals surface area contributed by atoms with E-state index in [1.54, 1.807) is 30.0 Å². The molecule has 0 saturated carbocycles. The normalized spacial score (nSPS) is 14.9. The van der Waals surface area contributed by atoms with Gasteiger partial charge in [-0.25, -0.2) is 0 Å². The van der Waals surface area contributed by atoms with Crippen LogP contribution in [0.4, 0.5) is 11.4 Å². The van der Waals surface area contributed by atoms with E-state index in [4.69, 9.17) is 9.84 Å². The largest absolute Gasteiger partial charge is 0.487 e. The van der Waals surface area contributed by atoms with Gasteiger partial charge in [0, 0.05) is 13.1 Å². The number of ether oxygens (including phenoxy) is 1.